The molecule has 4 atom stereocenters. The fraction of sp³-hybridized carbons (Fsp3) is 0.600. The third kappa shape index (κ3) is 3.35. The lowest BCUT2D eigenvalue weighted by Crippen LogP contribution is -2.46. The van der Waals surface area contributed by atoms with Crippen LogP contribution in [0.25, 0.3) is 10.9 Å². The van der Waals surface area contributed by atoms with Gasteiger partial charge in [-0.3, -0.25) is 9.78 Å². The smallest absolute Gasteiger partial charge is 0.225 e. The van der Waals surface area contributed by atoms with E-state index in [-0.39, 0.29) is 22.7 Å². The number of fused-ring (bicyclic) bond motifs is 2. The lowest BCUT2D eigenvalue weighted by Gasteiger charge is -2.29. The van der Waals surface area contributed by atoms with Crippen LogP contribution in [0.1, 0.15) is 70.8 Å². The van der Waals surface area contributed by atoms with E-state index in [1.807, 2.05) is 27.0 Å². The van der Waals surface area contributed by atoms with Crippen LogP contribution in [0, 0.1) is 29.0 Å². The van der Waals surface area contributed by atoms with Crippen LogP contribution in [0.4, 0.5) is 4.39 Å². The molecule has 1 amide bonds. The summed E-state index contributed by atoms with van der Waals surface area (Å²) in [4.78, 5) is 17.0. The van der Waals surface area contributed by atoms with Crippen LogP contribution in [0.5, 0.6) is 0 Å². The highest BCUT2D eigenvalue weighted by Gasteiger charge is 2.56. The molecule has 3 fully saturated rings. The zero-order chi connectivity index (χ0) is 20.4. The Hall–Kier alpha value is -1.97. The summed E-state index contributed by atoms with van der Waals surface area (Å²) in [5.74, 6) is 2.58. The minimum absolute atomic E-state index is 0.0662. The van der Waals surface area contributed by atoms with Gasteiger partial charge in [0.1, 0.15) is 5.82 Å². The van der Waals surface area contributed by atoms with Crippen LogP contribution in [0.3, 0.4) is 0 Å². The summed E-state index contributed by atoms with van der Waals surface area (Å²) in [6, 6.07) is 7.02. The van der Waals surface area contributed by atoms with Crippen molar-refractivity contribution in [2.75, 3.05) is 0 Å². The third-order valence-electron chi connectivity index (χ3n) is 7.81. The quantitative estimate of drug-likeness (QED) is 0.737. The maximum Gasteiger partial charge on any atom is 0.225 e. The van der Waals surface area contributed by atoms with Gasteiger partial charge in [0.05, 0.1) is 5.52 Å². The van der Waals surface area contributed by atoms with Gasteiger partial charge >= 0.3 is 0 Å². The van der Waals surface area contributed by atoms with E-state index >= 15 is 0 Å². The van der Waals surface area contributed by atoms with E-state index in [9.17, 15) is 9.18 Å². The van der Waals surface area contributed by atoms with E-state index in [0.29, 0.717) is 11.8 Å². The summed E-state index contributed by atoms with van der Waals surface area (Å²) in [6.45, 7) is 5.98. The molecule has 1 N–H and O–H groups in total. The van der Waals surface area contributed by atoms with E-state index in [0.717, 1.165) is 35.6 Å². The number of rotatable bonds is 3. The average molecular weight is 395 g/mol. The van der Waals surface area contributed by atoms with Crippen LogP contribution < -0.4 is 5.32 Å². The molecule has 0 bridgehead atoms. The first-order valence-corrected chi connectivity index (χ1v) is 11.1. The number of hydrogen-bond donors (Lipinski definition) is 1. The fourth-order valence-corrected chi connectivity index (χ4v) is 6.00. The normalized spacial score (nSPS) is 30.3. The Labute approximate surface area is 172 Å². The SMILES string of the molecule is CC(C)(C)C(=O)NC1([C@H]2C[C@H]3C[C@@H](c4ccnc5ccc(F)cc45)C[C@H]3C2)CC1. The van der Waals surface area contributed by atoms with Crippen molar-refractivity contribution in [1.82, 2.24) is 10.3 Å². The molecule has 0 radical (unpaired) electrons. The Morgan fingerprint density at radius 2 is 1.79 bits per heavy atom. The average Bonchev–Trinajstić information content (AvgIpc) is 3.15. The summed E-state index contributed by atoms with van der Waals surface area (Å²) >= 11 is 0. The van der Waals surface area contributed by atoms with Crippen LogP contribution in [-0.4, -0.2) is 16.4 Å². The Morgan fingerprint density at radius 1 is 1.10 bits per heavy atom. The van der Waals surface area contributed by atoms with Crippen molar-refractivity contribution in [3.05, 3.63) is 41.8 Å². The van der Waals surface area contributed by atoms with Gasteiger partial charge in [-0.15, -0.1) is 0 Å². The third-order valence-corrected chi connectivity index (χ3v) is 7.81. The summed E-state index contributed by atoms with van der Waals surface area (Å²) in [5, 5.41) is 4.40. The number of hydrogen-bond acceptors (Lipinski definition) is 2. The van der Waals surface area contributed by atoms with Gasteiger partial charge in [-0.1, -0.05) is 20.8 Å². The van der Waals surface area contributed by atoms with Crippen molar-refractivity contribution in [3.63, 3.8) is 0 Å². The van der Waals surface area contributed by atoms with E-state index in [1.54, 1.807) is 12.1 Å². The molecule has 2 aromatic rings. The number of halogens is 1. The minimum atomic E-state index is -0.327. The topological polar surface area (TPSA) is 42.0 Å². The van der Waals surface area contributed by atoms with Crippen molar-refractivity contribution in [3.8, 4) is 0 Å². The molecule has 5 rings (SSSR count). The number of nitrogens with zero attached hydrogens (tertiary/aromatic N) is 1. The number of benzene rings is 1. The lowest BCUT2D eigenvalue weighted by molar-refractivity contribution is -0.130. The second-order valence-electron chi connectivity index (χ2n) is 10.8. The Kier molecular flexibility index (Phi) is 4.27. The molecule has 4 heteroatoms. The molecule has 3 nitrogen and oxygen atoms in total. The van der Waals surface area contributed by atoms with Gasteiger partial charge in [-0.25, -0.2) is 4.39 Å². The maximum atomic E-state index is 13.8. The summed E-state index contributed by atoms with van der Waals surface area (Å²) in [7, 11) is 0. The highest BCUT2D eigenvalue weighted by Crippen LogP contribution is 2.59. The monoisotopic (exact) mass is 394 g/mol. The first-order chi connectivity index (χ1) is 13.7. The number of aromatic nitrogens is 1. The Morgan fingerprint density at radius 3 is 2.41 bits per heavy atom. The van der Waals surface area contributed by atoms with Crippen molar-refractivity contribution in [1.29, 1.82) is 0 Å². The van der Waals surface area contributed by atoms with E-state index in [1.165, 1.54) is 37.3 Å². The molecule has 3 aliphatic carbocycles. The van der Waals surface area contributed by atoms with Crippen molar-refractivity contribution < 1.29 is 9.18 Å². The summed E-state index contributed by atoms with van der Waals surface area (Å²) in [6.07, 6.45) is 8.95. The zero-order valence-corrected chi connectivity index (χ0v) is 17.7. The van der Waals surface area contributed by atoms with E-state index < -0.39 is 0 Å². The Balaban J connectivity index is 1.30. The van der Waals surface area contributed by atoms with Crippen molar-refractivity contribution in [2.24, 2.45) is 23.2 Å². The number of pyridine rings is 1. The zero-order valence-electron chi connectivity index (χ0n) is 17.7. The maximum absolute atomic E-state index is 13.8. The Bertz CT molecular complexity index is 945. The number of carbonyl (C=O) groups excluding carboxylic acids is 1. The highest BCUT2D eigenvalue weighted by molar-refractivity contribution is 5.83. The standard InChI is InChI=1S/C25H31FN2O/c1-24(2,3)23(29)28-25(7-8-25)18-12-15-10-17(11-16(15)13-18)20-6-9-27-22-5-4-19(26)14-21(20)22/h4-6,9,14-18H,7-8,10-13H2,1-3H3,(H,28,29)/t15-,16+,17-,18+. The number of nitrogens with one attached hydrogen (secondary N) is 1. The van der Waals surface area contributed by atoms with Crippen molar-refractivity contribution in [2.45, 2.75) is 70.8 Å². The van der Waals surface area contributed by atoms with Gasteiger partial charge in [-0.2, -0.15) is 0 Å². The summed E-state index contributed by atoms with van der Waals surface area (Å²) in [5.41, 5.74) is 1.90. The van der Waals surface area contributed by atoms with Crippen LogP contribution >= 0.6 is 0 Å². The molecular weight excluding hydrogens is 363 g/mol. The van der Waals surface area contributed by atoms with Gasteiger partial charge in [0, 0.05) is 22.5 Å². The largest absolute Gasteiger partial charge is 0.350 e. The number of carbonyl (C=O) groups is 1. The van der Waals surface area contributed by atoms with Gasteiger partial charge in [0.25, 0.3) is 0 Å². The van der Waals surface area contributed by atoms with Crippen LogP contribution in [0.15, 0.2) is 30.5 Å². The number of amides is 1. The summed E-state index contributed by atoms with van der Waals surface area (Å²) < 4.78 is 13.8. The van der Waals surface area contributed by atoms with Crippen LogP contribution in [-0.2, 0) is 4.79 Å². The van der Waals surface area contributed by atoms with Gasteiger partial charge in [0.15, 0.2) is 0 Å². The predicted molar refractivity (Wildman–Crippen MR) is 113 cm³/mol. The predicted octanol–water partition coefficient (Wildman–Crippen LogP) is 5.59. The second-order valence-corrected chi connectivity index (χ2v) is 10.8. The molecule has 1 aromatic carbocycles. The molecule has 0 unspecified atom stereocenters. The van der Waals surface area contributed by atoms with E-state index in [4.69, 9.17) is 0 Å². The minimum Gasteiger partial charge on any atom is -0.350 e. The lowest BCUT2D eigenvalue weighted by atomic mass is 9.86. The molecule has 0 spiro atoms. The fourth-order valence-electron chi connectivity index (χ4n) is 6.00. The second kappa shape index (κ2) is 6.52. The highest BCUT2D eigenvalue weighted by atomic mass is 19.1. The molecule has 0 aliphatic heterocycles. The molecule has 1 heterocycles. The molecule has 0 saturated heterocycles. The van der Waals surface area contributed by atoms with Crippen molar-refractivity contribution >= 4 is 16.8 Å². The molecule has 3 aliphatic rings. The van der Waals surface area contributed by atoms with Gasteiger partial charge < -0.3 is 5.32 Å². The molecule has 1 aromatic heterocycles. The molecule has 3 saturated carbocycles. The molecule has 29 heavy (non-hydrogen) atoms. The molecular formula is C25H31FN2O. The van der Waals surface area contributed by atoms with Gasteiger partial charge in [-0.05, 0) is 92.0 Å². The first kappa shape index (κ1) is 19.0. The first-order valence-electron chi connectivity index (χ1n) is 11.1. The van der Waals surface area contributed by atoms with Crippen LogP contribution in [0.2, 0.25) is 0 Å². The van der Waals surface area contributed by atoms with E-state index in [2.05, 4.69) is 16.4 Å². The van der Waals surface area contributed by atoms with Gasteiger partial charge in [0.2, 0.25) is 5.91 Å². The molecule has 154 valence electrons.